The molecule has 6 saturated carbocycles. The molecule has 8 atom stereocenters. The van der Waals surface area contributed by atoms with Crippen LogP contribution in [0.25, 0.3) is 0 Å². The Morgan fingerprint density at radius 3 is 2.12 bits per heavy atom. The Labute approximate surface area is 106 Å². The molecule has 6 aliphatic carbocycles. The van der Waals surface area contributed by atoms with Gasteiger partial charge < -0.3 is 14.6 Å². The SMILES string of the molecule is O=C(O)C12C3[C@H]4[C@H]1C1[C@H]2[C@H]3C4(Br)C12OCCO2. The Morgan fingerprint density at radius 2 is 1.59 bits per heavy atom. The fourth-order valence-electron chi connectivity index (χ4n) is 7.05. The summed E-state index contributed by atoms with van der Waals surface area (Å²) >= 11 is 3.90. The van der Waals surface area contributed by atoms with Gasteiger partial charge in [-0.2, -0.15) is 0 Å². The summed E-state index contributed by atoms with van der Waals surface area (Å²) in [6.45, 7) is 1.32. The largest absolute Gasteiger partial charge is 0.481 e. The summed E-state index contributed by atoms with van der Waals surface area (Å²) in [6, 6.07) is 0. The number of alkyl halides is 1. The fraction of sp³-hybridized carbons (Fsp3) is 0.917. The Balaban J connectivity index is 1.59. The minimum atomic E-state index is -0.564. The zero-order valence-corrected chi connectivity index (χ0v) is 10.5. The molecule has 4 unspecified atom stereocenters. The molecule has 0 aromatic rings. The van der Waals surface area contributed by atoms with Crippen LogP contribution in [0.1, 0.15) is 0 Å². The maximum absolute atomic E-state index is 11.5. The van der Waals surface area contributed by atoms with E-state index in [-0.39, 0.29) is 9.74 Å². The molecule has 17 heavy (non-hydrogen) atoms. The van der Waals surface area contributed by atoms with Crippen molar-refractivity contribution in [3.8, 4) is 0 Å². The summed E-state index contributed by atoms with van der Waals surface area (Å²) in [5, 5.41) is 9.51. The molecule has 0 amide bonds. The second kappa shape index (κ2) is 1.91. The van der Waals surface area contributed by atoms with Gasteiger partial charge in [-0.25, -0.2) is 0 Å². The van der Waals surface area contributed by atoms with Crippen LogP contribution in [0.4, 0.5) is 0 Å². The molecule has 0 radical (unpaired) electrons. The predicted molar refractivity (Wildman–Crippen MR) is 57.3 cm³/mol. The second-order valence-corrected chi connectivity index (χ2v) is 7.84. The van der Waals surface area contributed by atoms with Gasteiger partial charge in [0.05, 0.1) is 23.0 Å². The van der Waals surface area contributed by atoms with Crippen LogP contribution in [0.5, 0.6) is 0 Å². The van der Waals surface area contributed by atoms with E-state index >= 15 is 0 Å². The van der Waals surface area contributed by atoms with Gasteiger partial charge in [-0.15, -0.1) is 0 Å². The lowest BCUT2D eigenvalue weighted by molar-refractivity contribution is -0.421. The van der Waals surface area contributed by atoms with Gasteiger partial charge in [0, 0.05) is 5.92 Å². The molecular weight excluding hydrogens is 288 g/mol. The van der Waals surface area contributed by atoms with Crippen molar-refractivity contribution in [3.63, 3.8) is 0 Å². The Morgan fingerprint density at radius 1 is 1.06 bits per heavy atom. The molecule has 0 aromatic heterocycles. The maximum Gasteiger partial charge on any atom is 0.310 e. The zero-order valence-electron chi connectivity index (χ0n) is 8.93. The molecule has 5 heteroatoms. The number of carboxylic acid groups (broad SMARTS) is 1. The van der Waals surface area contributed by atoms with Crippen LogP contribution in [-0.4, -0.2) is 34.4 Å². The second-order valence-electron chi connectivity index (χ2n) is 6.53. The lowest BCUT2D eigenvalue weighted by Gasteiger charge is -2.89. The molecule has 1 N–H and O–H groups in total. The first-order valence-corrected chi connectivity index (χ1v) is 7.13. The van der Waals surface area contributed by atoms with Crippen LogP contribution in [-0.2, 0) is 14.3 Å². The smallest absolute Gasteiger partial charge is 0.310 e. The molecule has 1 aliphatic heterocycles. The highest BCUT2D eigenvalue weighted by Crippen LogP contribution is 3.04. The number of halogens is 1. The molecular formula is C12H11BrO4. The number of rotatable bonds is 1. The van der Waals surface area contributed by atoms with Gasteiger partial charge >= 0.3 is 5.97 Å². The third-order valence-electron chi connectivity index (χ3n) is 7.01. The number of hydrogen-bond donors (Lipinski definition) is 1. The number of hydrogen-bond acceptors (Lipinski definition) is 3. The maximum atomic E-state index is 11.5. The van der Waals surface area contributed by atoms with E-state index in [2.05, 4.69) is 15.9 Å². The zero-order chi connectivity index (χ0) is 11.4. The molecule has 90 valence electrons. The van der Waals surface area contributed by atoms with E-state index in [9.17, 15) is 9.90 Å². The molecule has 4 nitrogen and oxygen atoms in total. The summed E-state index contributed by atoms with van der Waals surface area (Å²) in [5.74, 6) is 1.36. The molecule has 1 heterocycles. The minimum Gasteiger partial charge on any atom is -0.481 e. The molecule has 1 spiro atoms. The minimum absolute atomic E-state index is 0.0433. The molecule has 2 bridgehead atoms. The van der Waals surface area contributed by atoms with Gasteiger partial charge in [-0.1, -0.05) is 15.9 Å². The van der Waals surface area contributed by atoms with Crippen molar-refractivity contribution in [1.29, 1.82) is 0 Å². The molecule has 7 aliphatic rings. The number of aliphatic carboxylic acids is 1. The normalized spacial score (nSPS) is 73.5. The van der Waals surface area contributed by atoms with Crippen LogP contribution in [0.2, 0.25) is 0 Å². The van der Waals surface area contributed by atoms with Crippen LogP contribution >= 0.6 is 15.9 Å². The summed E-state index contributed by atoms with van der Waals surface area (Å²) < 4.78 is 11.9. The van der Waals surface area contributed by atoms with Crippen molar-refractivity contribution in [3.05, 3.63) is 0 Å². The molecule has 7 rings (SSSR count). The van der Waals surface area contributed by atoms with E-state index in [1.165, 1.54) is 0 Å². The number of carbonyl (C=O) groups is 1. The first-order valence-electron chi connectivity index (χ1n) is 6.33. The Hall–Kier alpha value is -0.130. The van der Waals surface area contributed by atoms with Crippen molar-refractivity contribution in [2.24, 2.45) is 40.9 Å². The van der Waals surface area contributed by atoms with E-state index < -0.39 is 11.8 Å². The van der Waals surface area contributed by atoms with E-state index in [1.54, 1.807) is 0 Å². The Bertz CT molecular complexity index is 491. The van der Waals surface area contributed by atoms with Crippen LogP contribution < -0.4 is 0 Å². The van der Waals surface area contributed by atoms with E-state index in [0.29, 0.717) is 48.7 Å². The standard InChI is InChI=1S/C12H11BrO4/c13-11-6-3-7(11)5-8(12(11)16-1-2-17-12)4(6)10(3,5)9(14)15/h3-8H,1-2H2,(H,14,15)/t3?,4-,5+,6-,7-,8?,10?,11?/m0/s1. The average molecular weight is 299 g/mol. The van der Waals surface area contributed by atoms with Crippen molar-refractivity contribution in [2.75, 3.05) is 13.2 Å². The highest BCUT2D eigenvalue weighted by molar-refractivity contribution is 9.10. The molecule has 1 saturated heterocycles. The topological polar surface area (TPSA) is 55.8 Å². The lowest BCUT2D eigenvalue weighted by Crippen LogP contribution is -2.94. The summed E-state index contributed by atoms with van der Waals surface area (Å²) in [7, 11) is 0. The average Bonchev–Trinajstić information content (AvgIpc) is 2.78. The fourth-order valence-corrected chi connectivity index (χ4v) is 8.68. The van der Waals surface area contributed by atoms with Crippen molar-refractivity contribution < 1.29 is 19.4 Å². The first kappa shape index (κ1) is 8.88. The van der Waals surface area contributed by atoms with Crippen molar-refractivity contribution in [2.45, 2.75) is 10.1 Å². The third-order valence-corrected chi connectivity index (χ3v) is 8.62. The molecule has 7 fully saturated rings. The number of carboxylic acids is 1. The third kappa shape index (κ3) is 0.434. The quantitative estimate of drug-likeness (QED) is 0.724. The first-order chi connectivity index (χ1) is 8.13. The summed E-state index contributed by atoms with van der Waals surface area (Å²) in [4.78, 5) is 11.5. The van der Waals surface area contributed by atoms with Gasteiger partial charge in [0.25, 0.3) is 0 Å². The van der Waals surface area contributed by atoms with Crippen LogP contribution in [0.3, 0.4) is 0 Å². The predicted octanol–water partition coefficient (Wildman–Crippen LogP) is 0.699. The Kier molecular flexibility index (Phi) is 0.998. The van der Waals surface area contributed by atoms with Crippen molar-refractivity contribution >= 4 is 21.9 Å². The van der Waals surface area contributed by atoms with E-state index in [4.69, 9.17) is 9.47 Å². The highest BCUT2D eigenvalue weighted by atomic mass is 79.9. The van der Waals surface area contributed by atoms with Gasteiger partial charge in [-0.3, -0.25) is 4.79 Å². The summed E-state index contributed by atoms with van der Waals surface area (Å²) in [6.07, 6.45) is 0. The summed E-state index contributed by atoms with van der Waals surface area (Å²) in [5.41, 5.74) is -0.365. The van der Waals surface area contributed by atoms with Gasteiger partial charge in [0.2, 0.25) is 0 Å². The number of ether oxygens (including phenoxy) is 2. The lowest BCUT2D eigenvalue weighted by atomic mass is 9.13. The highest BCUT2D eigenvalue weighted by Gasteiger charge is 3.10. The molecule has 0 aromatic carbocycles. The van der Waals surface area contributed by atoms with Crippen molar-refractivity contribution in [1.82, 2.24) is 0 Å². The van der Waals surface area contributed by atoms with E-state index in [0.717, 1.165) is 0 Å². The van der Waals surface area contributed by atoms with Crippen LogP contribution in [0.15, 0.2) is 0 Å². The van der Waals surface area contributed by atoms with Gasteiger partial charge in [0.1, 0.15) is 0 Å². The monoisotopic (exact) mass is 298 g/mol. The van der Waals surface area contributed by atoms with Crippen LogP contribution in [0, 0.1) is 40.9 Å². The van der Waals surface area contributed by atoms with Gasteiger partial charge in [0.15, 0.2) is 5.79 Å². The van der Waals surface area contributed by atoms with Gasteiger partial charge in [-0.05, 0) is 29.6 Å². The van der Waals surface area contributed by atoms with E-state index in [1.807, 2.05) is 0 Å².